The van der Waals surface area contributed by atoms with Gasteiger partial charge in [-0.2, -0.15) is 0 Å². The highest BCUT2D eigenvalue weighted by atomic mass is 127. The van der Waals surface area contributed by atoms with Gasteiger partial charge in [-0.25, -0.2) is 4.98 Å². The van der Waals surface area contributed by atoms with E-state index >= 15 is 0 Å². The second-order valence-electron chi connectivity index (χ2n) is 3.47. The fourth-order valence-corrected chi connectivity index (χ4v) is 1.95. The molecule has 3 N–H and O–H groups in total. The Bertz CT molecular complexity index is 403. The van der Waals surface area contributed by atoms with E-state index < -0.39 is 0 Å². The predicted octanol–water partition coefficient (Wildman–Crippen LogP) is -0.225. The van der Waals surface area contributed by atoms with Crippen molar-refractivity contribution in [1.29, 1.82) is 0 Å². The number of hydrogen-bond acceptors (Lipinski definition) is 5. The molecule has 0 bridgehead atoms. The zero-order valence-corrected chi connectivity index (χ0v) is 10.8. The summed E-state index contributed by atoms with van der Waals surface area (Å²) in [4.78, 5) is 17.9. The zero-order valence-electron chi connectivity index (χ0n) is 8.62. The van der Waals surface area contributed by atoms with Crippen molar-refractivity contribution in [3.63, 3.8) is 0 Å². The van der Waals surface area contributed by atoms with Gasteiger partial charge in [-0.15, -0.1) is 0 Å². The molecule has 6 nitrogen and oxygen atoms in total. The van der Waals surface area contributed by atoms with Crippen LogP contribution in [-0.4, -0.2) is 42.3 Å². The van der Waals surface area contributed by atoms with Crippen LogP contribution in [0.3, 0.4) is 0 Å². The van der Waals surface area contributed by atoms with E-state index in [1.165, 1.54) is 6.33 Å². The number of halogens is 1. The Labute approximate surface area is 106 Å². The summed E-state index contributed by atoms with van der Waals surface area (Å²) < 4.78 is 6.10. The molecule has 1 unspecified atom stereocenters. The van der Waals surface area contributed by atoms with Gasteiger partial charge in [0.1, 0.15) is 9.39 Å². The molecule has 0 aliphatic carbocycles. The summed E-state index contributed by atoms with van der Waals surface area (Å²) >= 11 is 1.97. The summed E-state index contributed by atoms with van der Waals surface area (Å²) in [5, 5.41) is 6.36. The molecule has 0 radical (unpaired) electrons. The minimum atomic E-state index is -0.124. The van der Waals surface area contributed by atoms with Gasteiger partial charge in [0.25, 0.3) is 5.56 Å². The lowest BCUT2D eigenvalue weighted by Crippen LogP contribution is -2.42. The summed E-state index contributed by atoms with van der Waals surface area (Å²) in [7, 11) is 0. The van der Waals surface area contributed by atoms with Crippen LogP contribution in [-0.2, 0) is 4.74 Å². The molecule has 0 saturated carbocycles. The van der Waals surface area contributed by atoms with Crippen molar-refractivity contribution in [1.82, 2.24) is 15.3 Å². The van der Waals surface area contributed by atoms with Crippen molar-refractivity contribution in [2.75, 3.05) is 31.6 Å². The first kappa shape index (κ1) is 11.8. The Morgan fingerprint density at radius 1 is 1.69 bits per heavy atom. The number of ether oxygens (including phenoxy) is 1. The number of rotatable bonds is 3. The summed E-state index contributed by atoms with van der Waals surface area (Å²) in [5.41, 5.74) is -0.124. The van der Waals surface area contributed by atoms with E-state index in [1.54, 1.807) is 0 Å². The van der Waals surface area contributed by atoms with Crippen LogP contribution < -0.4 is 16.2 Å². The van der Waals surface area contributed by atoms with Gasteiger partial charge >= 0.3 is 0 Å². The first-order chi connectivity index (χ1) is 7.77. The second-order valence-corrected chi connectivity index (χ2v) is 4.55. The molecular weight excluding hydrogens is 323 g/mol. The van der Waals surface area contributed by atoms with Gasteiger partial charge < -0.3 is 20.4 Å². The molecule has 7 heteroatoms. The molecule has 0 spiro atoms. The van der Waals surface area contributed by atoms with Crippen LogP contribution in [0.25, 0.3) is 0 Å². The Morgan fingerprint density at radius 2 is 2.56 bits per heavy atom. The maximum atomic E-state index is 11.3. The molecule has 1 saturated heterocycles. The van der Waals surface area contributed by atoms with Crippen LogP contribution in [0.5, 0.6) is 0 Å². The molecule has 2 heterocycles. The molecule has 1 fully saturated rings. The first-order valence-electron chi connectivity index (χ1n) is 5.07. The molecule has 0 amide bonds. The lowest BCUT2D eigenvalue weighted by molar-refractivity contribution is 0.0372. The molecule has 88 valence electrons. The van der Waals surface area contributed by atoms with E-state index in [0.717, 1.165) is 19.7 Å². The third-order valence-corrected chi connectivity index (χ3v) is 3.30. The van der Waals surface area contributed by atoms with Crippen LogP contribution in [0.4, 0.5) is 5.82 Å². The zero-order chi connectivity index (χ0) is 11.4. The lowest BCUT2D eigenvalue weighted by atomic mass is 10.3. The maximum Gasteiger partial charge on any atom is 0.266 e. The average molecular weight is 336 g/mol. The number of morpholine rings is 1. The minimum Gasteiger partial charge on any atom is -0.374 e. The van der Waals surface area contributed by atoms with Crippen molar-refractivity contribution in [2.24, 2.45) is 0 Å². The van der Waals surface area contributed by atoms with E-state index in [2.05, 4.69) is 20.6 Å². The Morgan fingerprint density at radius 3 is 3.31 bits per heavy atom. The van der Waals surface area contributed by atoms with Gasteiger partial charge in [0, 0.05) is 19.6 Å². The standard InChI is InChI=1S/C9H13IN4O2/c10-7-8(13-5-14-9(7)15)12-4-6-3-11-1-2-16-6/h5-6,11H,1-4H2,(H2,12,13,14,15). The number of hydrogen-bond donors (Lipinski definition) is 3. The summed E-state index contributed by atoms with van der Waals surface area (Å²) in [5.74, 6) is 0.610. The monoisotopic (exact) mass is 336 g/mol. The summed E-state index contributed by atoms with van der Waals surface area (Å²) in [6, 6.07) is 0. The maximum absolute atomic E-state index is 11.3. The highest BCUT2D eigenvalue weighted by Gasteiger charge is 2.14. The van der Waals surface area contributed by atoms with Crippen molar-refractivity contribution < 1.29 is 4.74 Å². The van der Waals surface area contributed by atoms with Gasteiger partial charge in [0.2, 0.25) is 0 Å². The first-order valence-corrected chi connectivity index (χ1v) is 6.14. The highest BCUT2D eigenvalue weighted by Crippen LogP contribution is 2.09. The third-order valence-electron chi connectivity index (χ3n) is 2.30. The van der Waals surface area contributed by atoms with E-state index in [1.807, 2.05) is 22.6 Å². The van der Waals surface area contributed by atoms with Crippen LogP contribution in [0, 0.1) is 3.57 Å². The Balaban J connectivity index is 1.93. The van der Waals surface area contributed by atoms with Gasteiger partial charge in [-0.3, -0.25) is 4.79 Å². The van der Waals surface area contributed by atoms with Crippen molar-refractivity contribution in [3.8, 4) is 0 Å². The normalized spacial score (nSPS) is 20.7. The van der Waals surface area contributed by atoms with Gasteiger partial charge in [0.15, 0.2) is 0 Å². The average Bonchev–Trinajstić information content (AvgIpc) is 2.32. The van der Waals surface area contributed by atoms with Gasteiger partial charge in [-0.05, 0) is 22.6 Å². The number of nitrogens with one attached hydrogen (secondary N) is 3. The fourth-order valence-electron chi connectivity index (χ4n) is 1.47. The van der Waals surface area contributed by atoms with Gasteiger partial charge in [0.05, 0.1) is 19.0 Å². The summed E-state index contributed by atoms with van der Waals surface area (Å²) in [6.07, 6.45) is 1.53. The van der Waals surface area contributed by atoms with Crippen molar-refractivity contribution >= 4 is 28.4 Å². The molecule has 1 aliphatic rings. The molecule has 0 aromatic carbocycles. The van der Waals surface area contributed by atoms with E-state index in [-0.39, 0.29) is 11.7 Å². The molecule has 1 aromatic rings. The molecule has 16 heavy (non-hydrogen) atoms. The van der Waals surface area contributed by atoms with Crippen LogP contribution in [0.1, 0.15) is 0 Å². The molecule has 1 aromatic heterocycles. The Kier molecular flexibility index (Phi) is 4.13. The number of H-pyrrole nitrogens is 1. The minimum absolute atomic E-state index is 0.124. The predicted molar refractivity (Wildman–Crippen MR) is 68.7 cm³/mol. The Hall–Kier alpha value is -0.670. The molecule has 1 aliphatic heterocycles. The van der Waals surface area contributed by atoms with E-state index in [9.17, 15) is 4.79 Å². The molecular formula is C9H13IN4O2. The lowest BCUT2D eigenvalue weighted by Gasteiger charge is -2.24. The molecule has 1 atom stereocenters. The third kappa shape index (κ3) is 2.92. The van der Waals surface area contributed by atoms with Crippen molar-refractivity contribution in [3.05, 3.63) is 20.3 Å². The largest absolute Gasteiger partial charge is 0.374 e. The van der Waals surface area contributed by atoms with E-state index in [4.69, 9.17) is 4.74 Å². The number of anilines is 1. The summed E-state index contributed by atoms with van der Waals surface area (Å²) in [6.45, 7) is 3.11. The number of nitrogens with zero attached hydrogens (tertiary/aromatic N) is 1. The van der Waals surface area contributed by atoms with Crippen molar-refractivity contribution in [2.45, 2.75) is 6.10 Å². The van der Waals surface area contributed by atoms with E-state index in [0.29, 0.717) is 15.9 Å². The van der Waals surface area contributed by atoms with Crippen LogP contribution in [0.15, 0.2) is 11.1 Å². The topological polar surface area (TPSA) is 79.0 Å². The number of aromatic nitrogens is 2. The quantitative estimate of drug-likeness (QED) is 0.665. The number of aromatic amines is 1. The SMILES string of the molecule is O=c1[nH]cnc(NCC2CNCCO2)c1I. The highest BCUT2D eigenvalue weighted by molar-refractivity contribution is 14.1. The second kappa shape index (κ2) is 5.60. The fraction of sp³-hybridized carbons (Fsp3) is 0.556. The van der Waals surface area contributed by atoms with Gasteiger partial charge in [-0.1, -0.05) is 0 Å². The van der Waals surface area contributed by atoms with Crippen LogP contribution >= 0.6 is 22.6 Å². The molecule has 2 rings (SSSR count). The smallest absolute Gasteiger partial charge is 0.266 e. The van der Waals surface area contributed by atoms with Crippen LogP contribution in [0.2, 0.25) is 0 Å².